The fourth-order valence-corrected chi connectivity index (χ4v) is 4.04. The number of nitrogens with two attached hydrogens (primary N) is 1. The minimum Gasteiger partial charge on any atom is -0.399 e. The van der Waals surface area contributed by atoms with Crippen LogP contribution in [0.15, 0.2) is 53.7 Å². The van der Waals surface area contributed by atoms with Crippen molar-refractivity contribution >= 4 is 40.2 Å². The molecule has 0 spiro atoms. The van der Waals surface area contributed by atoms with Crippen molar-refractivity contribution in [1.29, 1.82) is 0 Å². The number of allylic oxidation sites excluding steroid dienone is 1. The van der Waals surface area contributed by atoms with Crippen LogP contribution in [0.5, 0.6) is 0 Å². The van der Waals surface area contributed by atoms with E-state index >= 15 is 0 Å². The number of nitrogens with zero attached hydrogens (tertiary/aromatic N) is 2. The molecule has 3 heterocycles. The maximum absolute atomic E-state index is 12.0. The summed E-state index contributed by atoms with van der Waals surface area (Å²) in [5, 5.41) is 9.00. The molecule has 4 rings (SSSR count). The lowest BCUT2D eigenvalue weighted by atomic mass is 9.97. The number of carbonyl (C=O) groups excluding carboxylic acids is 1. The van der Waals surface area contributed by atoms with Crippen LogP contribution in [0.4, 0.5) is 10.5 Å². The van der Waals surface area contributed by atoms with Gasteiger partial charge in [-0.1, -0.05) is 29.8 Å². The van der Waals surface area contributed by atoms with Crippen molar-refractivity contribution in [3.63, 3.8) is 0 Å². The lowest BCUT2D eigenvalue weighted by Crippen LogP contribution is -2.42. The Labute approximate surface area is 165 Å². The third-order valence-corrected chi connectivity index (χ3v) is 5.39. The summed E-state index contributed by atoms with van der Waals surface area (Å²) in [5.41, 5.74) is 10.8. The number of rotatable bonds is 3. The van der Waals surface area contributed by atoms with Gasteiger partial charge in [-0.05, 0) is 30.7 Å². The van der Waals surface area contributed by atoms with E-state index in [9.17, 15) is 4.79 Å². The number of nitrogens with one attached hydrogen (secondary N) is 2. The molecule has 2 aromatic heterocycles. The van der Waals surface area contributed by atoms with Crippen molar-refractivity contribution in [2.45, 2.75) is 13.0 Å². The van der Waals surface area contributed by atoms with Gasteiger partial charge in [-0.15, -0.1) is 11.3 Å². The molecule has 0 aliphatic carbocycles. The molecule has 1 unspecified atom stereocenters. The number of urea groups is 1. The van der Waals surface area contributed by atoms with Gasteiger partial charge < -0.3 is 16.4 Å². The molecule has 3 aromatic rings. The van der Waals surface area contributed by atoms with Gasteiger partial charge in [0.2, 0.25) is 0 Å². The summed E-state index contributed by atoms with van der Waals surface area (Å²) >= 11 is 7.43. The highest BCUT2D eigenvalue weighted by Crippen LogP contribution is 2.37. The fourth-order valence-electron chi connectivity index (χ4n) is 2.97. The Morgan fingerprint density at radius 2 is 1.96 bits per heavy atom. The minimum atomic E-state index is -0.353. The van der Waals surface area contributed by atoms with Gasteiger partial charge in [-0.2, -0.15) is 0 Å². The largest absolute Gasteiger partial charge is 0.399 e. The Hall–Kier alpha value is -2.90. The van der Waals surface area contributed by atoms with Crippen molar-refractivity contribution < 1.29 is 4.79 Å². The summed E-state index contributed by atoms with van der Waals surface area (Å²) in [6.07, 6.45) is 1.67. The third kappa shape index (κ3) is 3.51. The fraction of sp³-hybridized carbons (Fsp3) is 0.105. The molecular formula is C19H16ClN5OS. The van der Waals surface area contributed by atoms with Crippen molar-refractivity contribution in [3.05, 3.63) is 69.4 Å². The van der Waals surface area contributed by atoms with Crippen molar-refractivity contribution in [2.75, 3.05) is 5.73 Å². The van der Waals surface area contributed by atoms with E-state index in [1.807, 2.05) is 42.6 Å². The molecule has 1 aliphatic heterocycles. The second kappa shape index (κ2) is 7.02. The topological polar surface area (TPSA) is 92.9 Å². The summed E-state index contributed by atoms with van der Waals surface area (Å²) in [6, 6.07) is 10.5. The molecular weight excluding hydrogens is 382 g/mol. The maximum Gasteiger partial charge on any atom is 0.319 e. The number of anilines is 1. The Morgan fingerprint density at radius 1 is 1.19 bits per heavy atom. The highest BCUT2D eigenvalue weighted by Gasteiger charge is 2.29. The van der Waals surface area contributed by atoms with Crippen molar-refractivity contribution in [3.8, 4) is 11.3 Å². The van der Waals surface area contributed by atoms with E-state index in [-0.39, 0.29) is 12.1 Å². The molecule has 8 heteroatoms. The van der Waals surface area contributed by atoms with E-state index in [1.165, 1.54) is 11.3 Å². The molecule has 0 radical (unpaired) electrons. The second-order valence-corrected chi connectivity index (χ2v) is 7.39. The average molecular weight is 398 g/mol. The summed E-state index contributed by atoms with van der Waals surface area (Å²) in [7, 11) is 0. The Balaban J connectivity index is 1.75. The number of hydrogen-bond donors (Lipinski definition) is 3. The maximum atomic E-state index is 12.0. The zero-order chi connectivity index (χ0) is 19.0. The predicted molar refractivity (Wildman–Crippen MR) is 108 cm³/mol. The number of hydrogen-bond acceptors (Lipinski definition) is 5. The van der Waals surface area contributed by atoms with Gasteiger partial charge in [0.1, 0.15) is 10.2 Å². The number of pyridine rings is 1. The Kier molecular flexibility index (Phi) is 4.55. The lowest BCUT2D eigenvalue weighted by Gasteiger charge is -2.28. The van der Waals surface area contributed by atoms with Gasteiger partial charge in [0, 0.05) is 34.1 Å². The molecule has 2 amide bonds. The molecule has 136 valence electrons. The van der Waals surface area contributed by atoms with E-state index in [2.05, 4.69) is 15.6 Å². The first-order valence-corrected chi connectivity index (χ1v) is 9.48. The number of halogens is 1. The smallest absolute Gasteiger partial charge is 0.319 e. The zero-order valence-corrected chi connectivity index (χ0v) is 15.9. The van der Waals surface area contributed by atoms with Gasteiger partial charge in [0.15, 0.2) is 0 Å². The monoisotopic (exact) mass is 397 g/mol. The van der Waals surface area contributed by atoms with Crippen LogP contribution in [0.1, 0.15) is 23.5 Å². The SMILES string of the molecule is CC1=C(c2nc(-c3ccc(N)cc3)cs2)C(c2ccc(Cl)nc2)NC(=O)N1. The van der Waals surface area contributed by atoms with Crippen LogP contribution < -0.4 is 16.4 Å². The molecule has 0 fully saturated rings. The summed E-state index contributed by atoms with van der Waals surface area (Å²) < 4.78 is 0. The standard InChI is InChI=1S/C19H16ClN5OS/c1-10-16(17(25-19(26)23-10)12-4-7-15(20)22-8-12)18-24-14(9-27-18)11-2-5-13(21)6-3-11/h2-9,17H,21H2,1H3,(H2,23,25,26). The van der Waals surface area contributed by atoms with Crippen LogP contribution in [0.3, 0.4) is 0 Å². The third-order valence-electron chi connectivity index (χ3n) is 4.29. The van der Waals surface area contributed by atoms with E-state index in [0.717, 1.165) is 33.1 Å². The zero-order valence-electron chi connectivity index (χ0n) is 14.4. The first-order valence-electron chi connectivity index (χ1n) is 8.23. The number of aromatic nitrogens is 2. The molecule has 1 aromatic carbocycles. The van der Waals surface area contributed by atoms with Crippen molar-refractivity contribution in [1.82, 2.24) is 20.6 Å². The van der Waals surface area contributed by atoms with E-state index in [1.54, 1.807) is 12.3 Å². The van der Waals surface area contributed by atoms with E-state index in [0.29, 0.717) is 10.8 Å². The van der Waals surface area contributed by atoms with Crippen LogP contribution in [0, 0.1) is 0 Å². The average Bonchev–Trinajstić information content (AvgIpc) is 3.12. The van der Waals surface area contributed by atoms with Crippen molar-refractivity contribution in [2.24, 2.45) is 0 Å². The number of nitrogen functional groups attached to an aromatic ring is 1. The van der Waals surface area contributed by atoms with Crippen LogP contribution in [-0.4, -0.2) is 16.0 Å². The normalized spacial score (nSPS) is 16.8. The molecule has 0 saturated carbocycles. The molecule has 1 atom stereocenters. The number of benzene rings is 1. The van der Waals surface area contributed by atoms with Gasteiger partial charge >= 0.3 is 6.03 Å². The van der Waals surface area contributed by atoms with Gasteiger partial charge in [0.05, 0.1) is 11.7 Å². The van der Waals surface area contributed by atoms with Crippen LogP contribution >= 0.6 is 22.9 Å². The first-order chi connectivity index (χ1) is 13.0. The van der Waals surface area contributed by atoms with Gasteiger partial charge in [0.25, 0.3) is 0 Å². The molecule has 27 heavy (non-hydrogen) atoms. The number of thiazole rings is 1. The summed E-state index contributed by atoms with van der Waals surface area (Å²) in [6.45, 7) is 1.87. The predicted octanol–water partition coefficient (Wildman–Crippen LogP) is 4.23. The highest BCUT2D eigenvalue weighted by atomic mass is 35.5. The highest BCUT2D eigenvalue weighted by molar-refractivity contribution is 7.11. The van der Waals surface area contributed by atoms with Crippen LogP contribution in [-0.2, 0) is 0 Å². The minimum absolute atomic E-state index is 0.258. The molecule has 1 aliphatic rings. The first kappa shape index (κ1) is 17.5. The lowest BCUT2D eigenvalue weighted by molar-refractivity contribution is 0.240. The summed E-state index contributed by atoms with van der Waals surface area (Å²) in [5.74, 6) is 0. The quantitative estimate of drug-likeness (QED) is 0.455. The van der Waals surface area contributed by atoms with Crippen LogP contribution in [0.2, 0.25) is 5.15 Å². The van der Waals surface area contributed by atoms with E-state index < -0.39 is 0 Å². The molecule has 6 nitrogen and oxygen atoms in total. The molecule has 0 saturated heterocycles. The number of amides is 2. The number of carbonyl (C=O) groups is 1. The van der Waals surface area contributed by atoms with Gasteiger partial charge in [-0.25, -0.2) is 14.8 Å². The molecule has 4 N–H and O–H groups in total. The molecule has 0 bridgehead atoms. The Morgan fingerprint density at radius 3 is 2.67 bits per heavy atom. The second-order valence-electron chi connectivity index (χ2n) is 6.14. The Bertz CT molecular complexity index is 1030. The van der Waals surface area contributed by atoms with E-state index in [4.69, 9.17) is 22.3 Å². The summed E-state index contributed by atoms with van der Waals surface area (Å²) in [4.78, 5) is 20.9. The van der Waals surface area contributed by atoms with Gasteiger partial charge in [-0.3, -0.25) is 0 Å². The van der Waals surface area contributed by atoms with Crippen LogP contribution in [0.25, 0.3) is 16.8 Å².